The Labute approximate surface area is 113 Å². The van der Waals surface area contributed by atoms with Crippen LogP contribution in [0.15, 0.2) is 30.5 Å². The zero-order valence-electron chi connectivity index (χ0n) is 11.1. The summed E-state index contributed by atoms with van der Waals surface area (Å²) in [5, 5.41) is 3.29. The Morgan fingerprint density at radius 3 is 2.44 bits per heavy atom. The molecule has 0 bridgehead atoms. The highest BCUT2D eigenvalue weighted by atomic mass is 32.1. The molecule has 3 nitrogen and oxygen atoms in total. The van der Waals surface area contributed by atoms with Crippen LogP contribution < -0.4 is 5.32 Å². The van der Waals surface area contributed by atoms with Gasteiger partial charge in [0.2, 0.25) is 0 Å². The van der Waals surface area contributed by atoms with Gasteiger partial charge in [-0.25, -0.2) is 0 Å². The first kappa shape index (κ1) is 13.2. The Morgan fingerprint density at radius 2 is 1.94 bits per heavy atom. The van der Waals surface area contributed by atoms with Gasteiger partial charge in [-0.1, -0.05) is 38.1 Å². The third-order valence-electron chi connectivity index (χ3n) is 3.17. The lowest BCUT2D eigenvalue weighted by molar-refractivity contribution is 0.580. The lowest BCUT2D eigenvalue weighted by atomic mass is 9.98. The third kappa shape index (κ3) is 3.15. The maximum absolute atomic E-state index is 4.30. The van der Waals surface area contributed by atoms with Crippen molar-refractivity contribution < 1.29 is 0 Å². The van der Waals surface area contributed by atoms with Crippen LogP contribution in [0.2, 0.25) is 0 Å². The quantitative estimate of drug-likeness (QED) is 0.898. The van der Waals surface area contributed by atoms with Crippen LogP contribution in [0.5, 0.6) is 0 Å². The van der Waals surface area contributed by atoms with E-state index in [2.05, 4.69) is 52.2 Å². The second-order valence-electron chi connectivity index (χ2n) is 4.77. The molecule has 1 N–H and O–H groups in total. The minimum atomic E-state index is 0.244. The van der Waals surface area contributed by atoms with Crippen molar-refractivity contribution in [3.05, 3.63) is 47.3 Å². The van der Waals surface area contributed by atoms with Crippen molar-refractivity contribution in [3.63, 3.8) is 0 Å². The molecule has 1 atom stereocenters. The van der Waals surface area contributed by atoms with Gasteiger partial charge in [-0.3, -0.25) is 0 Å². The number of nitrogens with one attached hydrogen (secondary N) is 1. The Kier molecular flexibility index (Phi) is 4.44. The number of aromatic nitrogens is 2. The summed E-state index contributed by atoms with van der Waals surface area (Å²) in [4.78, 5) is 0. The van der Waals surface area contributed by atoms with E-state index >= 15 is 0 Å². The van der Waals surface area contributed by atoms with Gasteiger partial charge in [-0.05, 0) is 30.5 Å². The van der Waals surface area contributed by atoms with Crippen molar-refractivity contribution in [2.75, 3.05) is 7.05 Å². The van der Waals surface area contributed by atoms with E-state index in [0.29, 0.717) is 5.92 Å². The lowest BCUT2D eigenvalue weighted by Gasteiger charge is -2.14. The average molecular weight is 261 g/mol. The summed E-state index contributed by atoms with van der Waals surface area (Å²) in [5.74, 6) is 0.585. The van der Waals surface area contributed by atoms with E-state index in [1.807, 2.05) is 13.2 Å². The van der Waals surface area contributed by atoms with E-state index < -0.39 is 0 Å². The van der Waals surface area contributed by atoms with Gasteiger partial charge >= 0.3 is 0 Å². The summed E-state index contributed by atoms with van der Waals surface area (Å²) in [5.41, 5.74) is 3.73. The average Bonchev–Trinajstić information content (AvgIpc) is 2.90. The van der Waals surface area contributed by atoms with Crippen molar-refractivity contribution >= 4 is 11.7 Å². The Hall–Kier alpha value is -1.26. The molecular weight excluding hydrogens is 242 g/mol. The molecule has 2 aromatic rings. The molecule has 0 amide bonds. The van der Waals surface area contributed by atoms with Crippen LogP contribution in [0.4, 0.5) is 0 Å². The van der Waals surface area contributed by atoms with Crippen LogP contribution in [-0.4, -0.2) is 15.8 Å². The van der Waals surface area contributed by atoms with E-state index in [1.165, 1.54) is 22.9 Å². The number of hydrogen-bond acceptors (Lipinski definition) is 4. The van der Waals surface area contributed by atoms with E-state index in [0.717, 1.165) is 12.1 Å². The fourth-order valence-corrected chi connectivity index (χ4v) is 2.43. The summed E-state index contributed by atoms with van der Waals surface area (Å²) in [6.45, 7) is 4.43. The maximum atomic E-state index is 4.30. The van der Waals surface area contributed by atoms with Crippen molar-refractivity contribution in [1.29, 1.82) is 0 Å². The second kappa shape index (κ2) is 6.07. The van der Waals surface area contributed by atoms with Gasteiger partial charge in [-0.15, -0.1) is 0 Å². The monoisotopic (exact) mass is 261 g/mol. The van der Waals surface area contributed by atoms with Crippen molar-refractivity contribution in [2.24, 2.45) is 0 Å². The maximum Gasteiger partial charge on any atom is 0.0915 e. The fraction of sp³-hybridized carbons (Fsp3) is 0.429. The SMILES string of the molecule is CNC(Cc1ccc(C(C)C)cc1)c1cnsn1. The topological polar surface area (TPSA) is 37.8 Å². The molecule has 0 aliphatic heterocycles. The van der Waals surface area contributed by atoms with Gasteiger partial charge in [0, 0.05) is 0 Å². The number of likely N-dealkylation sites (N-methyl/N-ethyl adjacent to an activating group) is 1. The molecule has 96 valence electrons. The predicted octanol–water partition coefficient (Wildman–Crippen LogP) is 3.16. The Morgan fingerprint density at radius 1 is 1.22 bits per heavy atom. The predicted molar refractivity (Wildman–Crippen MR) is 75.9 cm³/mol. The summed E-state index contributed by atoms with van der Waals surface area (Å²) in [7, 11) is 1.96. The van der Waals surface area contributed by atoms with Crippen molar-refractivity contribution in [1.82, 2.24) is 14.1 Å². The third-order valence-corrected chi connectivity index (χ3v) is 3.66. The number of nitrogens with zero attached hydrogens (tertiary/aromatic N) is 2. The van der Waals surface area contributed by atoms with Crippen LogP contribution in [0.3, 0.4) is 0 Å². The Balaban J connectivity index is 2.08. The number of benzene rings is 1. The van der Waals surface area contributed by atoms with Crippen LogP contribution >= 0.6 is 11.7 Å². The highest BCUT2D eigenvalue weighted by molar-refractivity contribution is 6.99. The molecule has 1 aromatic heterocycles. The molecule has 1 unspecified atom stereocenters. The van der Waals surface area contributed by atoms with Crippen LogP contribution in [0.25, 0.3) is 0 Å². The first-order chi connectivity index (χ1) is 8.70. The van der Waals surface area contributed by atoms with Crippen LogP contribution in [-0.2, 0) is 6.42 Å². The van der Waals surface area contributed by atoms with E-state index in [-0.39, 0.29) is 6.04 Å². The molecule has 0 saturated heterocycles. The van der Waals surface area contributed by atoms with Gasteiger partial charge in [0.05, 0.1) is 29.7 Å². The van der Waals surface area contributed by atoms with Crippen molar-refractivity contribution in [3.8, 4) is 0 Å². The molecular formula is C14H19N3S. The van der Waals surface area contributed by atoms with Crippen molar-refractivity contribution in [2.45, 2.75) is 32.2 Å². The minimum Gasteiger partial charge on any atom is -0.311 e. The molecule has 0 aliphatic carbocycles. The number of rotatable bonds is 5. The van der Waals surface area contributed by atoms with Gasteiger partial charge in [0.1, 0.15) is 0 Å². The highest BCUT2D eigenvalue weighted by Crippen LogP contribution is 2.19. The minimum absolute atomic E-state index is 0.244. The van der Waals surface area contributed by atoms with Crippen LogP contribution in [0, 0.1) is 0 Å². The van der Waals surface area contributed by atoms with E-state index in [4.69, 9.17) is 0 Å². The Bertz CT molecular complexity index is 462. The van der Waals surface area contributed by atoms with E-state index in [1.54, 1.807) is 0 Å². The molecule has 0 spiro atoms. The molecule has 0 saturated carbocycles. The zero-order valence-corrected chi connectivity index (χ0v) is 11.9. The molecule has 1 heterocycles. The van der Waals surface area contributed by atoms with Gasteiger partial charge < -0.3 is 5.32 Å². The van der Waals surface area contributed by atoms with Crippen LogP contribution in [0.1, 0.15) is 42.6 Å². The fourth-order valence-electron chi connectivity index (χ4n) is 1.95. The molecule has 0 radical (unpaired) electrons. The van der Waals surface area contributed by atoms with Gasteiger partial charge in [0.25, 0.3) is 0 Å². The molecule has 2 rings (SSSR count). The lowest BCUT2D eigenvalue weighted by Crippen LogP contribution is -2.19. The summed E-state index contributed by atoms with van der Waals surface area (Å²) < 4.78 is 8.36. The summed E-state index contributed by atoms with van der Waals surface area (Å²) >= 11 is 1.26. The standard InChI is InChI=1S/C14H19N3S/c1-10(2)12-6-4-11(5-7-12)8-13(15-3)14-9-16-18-17-14/h4-7,9-10,13,15H,8H2,1-3H3. The summed E-state index contributed by atoms with van der Waals surface area (Å²) in [6, 6.07) is 9.09. The zero-order chi connectivity index (χ0) is 13.0. The normalized spacial score (nSPS) is 12.9. The first-order valence-corrected chi connectivity index (χ1v) is 6.97. The molecule has 1 aromatic carbocycles. The smallest absolute Gasteiger partial charge is 0.0915 e. The van der Waals surface area contributed by atoms with E-state index in [9.17, 15) is 0 Å². The molecule has 18 heavy (non-hydrogen) atoms. The summed E-state index contributed by atoms with van der Waals surface area (Å²) in [6.07, 6.45) is 2.79. The number of hydrogen-bond donors (Lipinski definition) is 1. The van der Waals surface area contributed by atoms with Gasteiger partial charge in [-0.2, -0.15) is 8.75 Å². The van der Waals surface area contributed by atoms with Gasteiger partial charge in [0.15, 0.2) is 0 Å². The second-order valence-corrected chi connectivity index (χ2v) is 5.33. The highest BCUT2D eigenvalue weighted by Gasteiger charge is 2.12. The largest absolute Gasteiger partial charge is 0.311 e. The molecule has 0 fully saturated rings. The first-order valence-electron chi connectivity index (χ1n) is 6.24. The molecule has 4 heteroatoms. The molecule has 0 aliphatic rings.